The van der Waals surface area contributed by atoms with Gasteiger partial charge in [-0.15, -0.1) is 0 Å². The summed E-state index contributed by atoms with van der Waals surface area (Å²) in [7, 11) is 0. The van der Waals surface area contributed by atoms with Gasteiger partial charge in [-0.1, -0.05) is 5.16 Å². The number of carboxylic acid groups (broad SMARTS) is 1. The quantitative estimate of drug-likeness (QED) is 0.817. The maximum Gasteiger partial charge on any atom is 0.407 e. The van der Waals surface area contributed by atoms with Gasteiger partial charge >= 0.3 is 6.09 Å². The van der Waals surface area contributed by atoms with Crippen LogP contribution >= 0.6 is 15.9 Å². The van der Waals surface area contributed by atoms with E-state index in [0.29, 0.717) is 32.1 Å². The molecule has 0 radical (unpaired) electrons. The molecule has 2 aliphatic heterocycles. The lowest BCUT2D eigenvalue weighted by Gasteiger charge is -2.36. The summed E-state index contributed by atoms with van der Waals surface area (Å²) in [6.07, 6.45) is 2.35. The van der Waals surface area contributed by atoms with E-state index in [2.05, 4.69) is 31.1 Å². The molecule has 0 spiro atoms. The van der Waals surface area contributed by atoms with Crippen molar-refractivity contribution in [1.29, 1.82) is 0 Å². The number of rotatable bonds is 3. The predicted molar refractivity (Wildman–Crippen MR) is 73.9 cm³/mol. The van der Waals surface area contributed by atoms with Crippen LogP contribution in [-0.4, -0.2) is 64.1 Å². The Balaban J connectivity index is 1.43. The molecule has 2 fully saturated rings. The summed E-state index contributed by atoms with van der Waals surface area (Å²) in [5, 5.41) is 12.7. The molecular weight excluding hydrogens is 330 g/mol. The van der Waals surface area contributed by atoms with E-state index >= 15 is 0 Å². The first-order valence-corrected chi connectivity index (χ1v) is 6.83. The zero-order chi connectivity index (χ0) is 14.1. The molecule has 2 aliphatic rings. The van der Waals surface area contributed by atoms with Crippen molar-refractivity contribution in [1.82, 2.24) is 14.9 Å². The number of hydrogen-bond acceptors (Lipinski definition) is 6. The van der Waals surface area contributed by atoms with E-state index in [1.54, 1.807) is 12.4 Å². The number of hydrogen-bond donors (Lipinski definition) is 1. The molecule has 0 saturated carbocycles. The molecule has 0 aromatic carbocycles. The van der Waals surface area contributed by atoms with Gasteiger partial charge in [-0.3, -0.25) is 0 Å². The van der Waals surface area contributed by atoms with E-state index in [0.717, 1.165) is 10.2 Å². The molecular formula is C11H12BrN5O3. The van der Waals surface area contributed by atoms with Crippen molar-refractivity contribution in [2.45, 2.75) is 6.10 Å². The summed E-state index contributed by atoms with van der Waals surface area (Å²) in [6.45, 7) is 2.03. The van der Waals surface area contributed by atoms with Gasteiger partial charge in [0.1, 0.15) is 0 Å². The average molecular weight is 342 g/mol. The number of likely N-dealkylation sites (tertiary alicyclic amines) is 1. The molecule has 0 aliphatic carbocycles. The van der Waals surface area contributed by atoms with Crippen LogP contribution in [0.1, 0.15) is 0 Å². The SMILES string of the molecule is O=C(O)N1CC(ON=C2CN(c3ncc(Br)cn3)C2)C1. The molecule has 1 N–H and O–H groups in total. The van der Waals surface area contributed by atoms with Crippen LogP contribution in [-0.2, 0) is 4.84 Å². The molecule has 0 bridgehead atoms. The minimum atomic E-state index is -0.917. The van der Waals surface area contributed by atoms with E-state index in [9.17, 15) is 4.79 Å². The van der Waals surface area contributed by atoms with Crippen molar-refractivity contribution in [2.75, 3.05) is 31.1 Å². The van der Waals surface area contributed by atoms with E-state index in [1.807, 2.05) is 4.90 Å². The van der Waals surface area contributed by atoms with Crippen LogP contribution in [0.25, 0.3) is 0 Å². The Bertz CT molecular complexity index is 535. The molecule has 1 aromatic heterocycles. The van der Waals surface area contributed by atoms with Gasteiger partial charge in [0.2, 0.25) is 5.95 Å². The molecule has 0 atom stereocenters. The average Bonchev–Trinajstić information content (AvgIpc) is 2.30. The van der Waals surface area contributed by atoms with Crippen molar-refractivity contribution in [2.24, 2.45) is 5.16 Å². The Morgan fingerprint density at radius 3 is 2.65 bits per heavy atom. The number of anilines is 1. The summed E-state index contributed by atoms with van der Waals surface area (Å²) in [4.78, 5) is 27.5. The minimum absolute atomic E-state index is 0.128. The maximum absolute atomic E-state index is 10.6. The van der Waals surface area contributed by atoms with Gasteiger partial charge < -0.3 is 19.7 Å². The zero-order valence-corrected chi connectivity index (χ0v) is 12.0. The molecule has 20 heavy (non-hydrogen) atoms. The maximum atomic E-state index is 10.6. The summed E-state index contributed by atoms with van der Waals surface area (Å²) in [5.74, 6) is 0.660. The zero-order valence-electron chi connectivity index (χ0n) is 10.4. The highest BCUT2D eigenvalue weighted by Crippen LogP contribution is 2.17. The van der Waals surface area contributed by atoms with E-state index in [4.69, 9.17) is 9.94 Å². The molecule has 3 heterocycles. The van der Waals surface area contributed by atoms with Crippen molar-refractivity contribution in [3.05, 3.63) is 16.9 Å². The van der Waals surface area contributed by atoms with Gasteiger partial charge in [0.05, 0.1) is 36.4 Å². The van der Waals surface area contributed by atoms with E-state index in [1.165, 1.54) is 4.90 Å². The van der Waals surface area contributed by atoms with Crippen LogP contribution in [0.4, 0.5) is 10.7 Å². The summed E-state index contributed by atoms with van der Waals surface area (Å²) < 4.78 is 0.840. The first kappa shape index (κ1) is 13.1. The van der Waals surface area contributed by atoms with Crippen molar-refractivity contribution >= 4 is 33.7 Å². The smallest absolute Gasteiger partial charge is 0.407 e. The first-order chi connectivity index (χ1) is 9.61. The molecule has 2 saturated heterocycles. The Morgan fingerprint density at radius 1 is 1.40 bits per heavy atom. The second-order valence-corrected chi connectivity index (χ2v) is 5.55. The van der Waals surface area contributed by atoms with Gasteiger partial charge in [0.15, 0.2) is 6.10 Å². The number of oxime groups is 1. The summed E-state index contributed by atoms with van der Waals surface area (Å²) in [5.41, 5.74) is 0.908. The number of nitrogens with zero attached hydrogens (tertiary/aromatic N) is 5. The Kier molecular flexibility index (Phi) is 3.43. The lowest BCUT2D eigenvalue weighted by molar-refractivity contribution is -0.0427. The van der Waals surface area contributed by atoms with E-state index in [-0.39, 0.29) is 6.10 Å². The van der Waals surface area contributed by atoms with Gasteiger partial charge in [-0.05, 0) is 15.9 Å². The Labute approximate surface area is 123 Å². The fourth-order valence-corrected chi connectivity index (χ4v) is 2.08. The Hall–Kier alpha value is -1.90. The van der Waals surface area contributed by atoms with Crippen LogP contribution in [0.2, 0.25) is 0 Å². The highest BCUT2D eigenvalue weighted by molar-refractivity contribution is 9.10. The second kappa shape index (κ2) is 5.23. The molecule has 106 valence electrons. The van der Waals surface area contributed by atoms with Gasteiger partial charge in [0, 0.05) is 12.4 Å². The number of aromatic nitrogens is 2. The standard InChI is InChI=1S/C11H12BrN5O3/c12-7-1-13-10(14-2-7)16-3-8(4-16)15-20-9-5-17(6-9)11(18)19/h1-2,9H,3-6H2,(H,18,19). The first-order valence-electron chi connectivity index (χ1n) is 6.04. The minimum Gasteiger partial charge on any atom is -0.465 e. The lowest BCUT2D eigenvalue weighted by Crippen LogP contribution is -2.54. The third-order valence-corrected chi connectivity index (χ3v) is 3.50. The fourth-order valence-electron chi connectivity index (χ4n) is 1.87. The van der Waals surface area contributed by atoms with Crippen molar-refractivity contribution in [3.63, 3.8) is 0 Å². The molecule has 1 amide bonds. The summed E-state index contributed by atoms with van der Waals surface area (Å²) in [6, 6.07) is 0. The van der Waals surface area contributed by atoms with Crippen molar-refractivity contribution < 1.29 is 14.7 Å². The van der Waals surface area contributed by atoms with Crippen LogP contribution in [0.15, 0.2) is 22.0 Å². The monoisotopic (exact) mass is 341 g/mol. The molecule has 0 unspecified atom stereocenters. The normalized spacial score (nSPS) is 18.4. The lowest BCUT2D eigenvalue weighted by atomic mass is 10.2. The van der Waals surface area contributed by atoms with Gasteiger partial charge in [-0.2, -0.15) is 0 Å². The van der Waals surface area contributed by atoms with Crippen LogP contribution in [0.3, 0.4) is 0 Å². The van der Waals surface area contributed by atoms with Crippen LogP contribution in [0, 0.1) is 0 Å². The topological polar surface area (TPSA) is 91.1 Å². The second-order valence-electron chi connectivity index (χ2n) is 4.63. The Morgan fingerprint density at radius 2 is 2.05 bits per heavy atom. The molecule has 3 rings (SSSR count). The highest BCUT2D eigenvalue weighted by Gasteiger charge is 2.33. The van der Waals surface area contributed by atoms with Crippen molar-refractivity contribution in [3.8, 4) is 0 Å². The number of carbonyl (C=O) groups is 1. The fraction of sp³-hybridized carbons (Fsp3) is 0.455. The van der Waals surface area contributed by atoms with Crippen LogP contribution in [0.5, 0.6) is 0 Å². The molecule has 9 heteroatoms. The third kappa shape index (κ3) is 2.67. The summed E-state index contributed by atoms with van der Waals surface area (Å²) >= 11 is 3.28. The predicted octanol–water partition coefficient (Wildman–Crippen LogP) is 0.794. The molecule has 1 aromatic rings. The largest absolute Gasteiger partial charge is 0.465 e. The van der Waals surface area contributed by atoms with E-state index < -0.39 is 6.09 Å². The third-order valence-electron chi connectivity index (χ3n) is 3.09. The van der Waals surface area contributed by atoms with Gasteiger partial charge in [-0.25, -0.2) is 14.8 Å². The van der Waals surface area contributed by atoms with Gasteiger partial charge in [0.25, 0.3) is 0 Å². The highest BCUT2D eigenvalue weighted by atomic mass is 79.9. The molecule has 8 nitrogen and oxygen atoms in total. The number of halogens is 1. The van der Waals surface area contributed by atoms with Crippen LogP contribution < -0.4 is 4.90 Å². The number of amides is 1.